The van der Waals surface area contributed by atoms with Gasteiger partial charge in [-0.2, -0.15) is 0 Å². The Labute approximate surface area is 84.8 Å². The van der Waals surface area contributed by atoms with E-state index in [1.54, 1.807) is 0 Å². The maximum absolute atomic E-state index is 5.45. The maximum Gasteiger partial charge on any atom is 0.0671 e. The zero-order valence-electron chi connectivity index (χ0n) is 8.51. The molecular formula is C10H19NOS. The van der Waals surface area contributed by atoms with Crippen LogP contribution >= 0.6 is 11.8 Å². The number of hydrogen-bond donors (Lipinski definition) is 1. The molecule has 0 aromatic rings. The standard InChI is InChI=1S/C10H19NOS/c1-3-9-7-13-10(2,11-9)8-4-5-12-6-8/h8-9,11H,3-7H2,1-2H3. The monoisotopic (exact) mass is 201 g/mol. The van der Waals surface area contributed by atoms with Gasteiger partial charge in [0, 0.05) is 24.3 Å². The van der Waals surface area contributed by atoms with E-state index in [0.29, 0.717) is 5.92 Å². The highest BCUT2D eigenvalue weighted by Crippen LogP contribution is 2.40. The molecule has 13 heavy (non-hydrogen) atoms. The smallest absolute Gasteiger partial charge is 0.0671 e. The highest BCUT2D eigenvalue weighted by molar-refractivity contribution is 8.00. The van der Waals surface area contributed by atoms with Crippen molar-refractivity contribution in [2.45, 2.75) is 37.6 Å². The molecule has 1 N–H and O–H groups in total. The SMILES string of the molecule is CCC1CSC(C)(C2CCOC2)N1. The van der Waals surface area contributed by atoms with Gasteiger partial charge in [0.1, 0.15) is 0 Å². The van der Waals surface area contributed by atoms with Crippen LogP contribution in [0.25, 0.3) is 0 Å². The molecule has 2 saturated heterocycles. The van der Waals surface area contributed by atoms with Crippen LogP contribution in [-0.4, -0.2) is 29.9 Å². The summed E-state index contributed by atoms with van der Waals surface area (Å²) >= 11 is 2.08. The predicted molar refractivity (Wildman–Crippen MR) is 57.0 cm³/mol. The molecule has 0 amide bonds. The molecule has 0 saturated carbocycles. The molecule has 0 aliphatic carbocycles. The Morgan fingerprint density at radius 3 is 3.00 bits per heavy atom. The molecule has 2 nitrogen and oxygen atoms in total. The second-order valence-electron chi connectivity index (χ2n) is 4.23. The Balaban J connectivity index is 1.96. The summed E-state index contributed by atoms with van der Waals surface area (Å²) in [4.78, 5) is 0.289. The summed E-state index contributed by atoms with van der Waals surface area (Å²) in [6, 6.07) is 0.718. The molecule has 2 fully saturated rings. The lowest BCUT2D eigenvalue weighted by Crippen LogP contribution is -2.45. The summed E-state index contributed by atoms with van der Waals surface area (Å²) in [7, 11) is 0. The summed E-state index contributed by atoms with van der Waals surface area (Å²) < 4.78 is 5.45. The Morgan fingerprint density at radius 2 is 2.46 bits per heavy atom. The van der Waals surface area contributed by atoms with E-state index in [1.807, 2.05) is 0 Å². The Bertz CT molecular complexity index is 182. The van der Waals surface area contributed by atoms with Gasteiger partial charge in [0.25, 0.3) is 0 Å². The zero-order chi connectivity index (χ0) is 9.31. The maximum atomic E-state index is 5.45. The van der Waals surface area contributed by atoms with Crippen molar-refractivity contribution < 1.29 is 4.74 Å². The van der Waals surface area contributed by atoms with E-state index in [9.17, 15) is 0 Å². The van der Waals surface area contributed by atoms with E-state index < -0.39 is 0 Å². The van der Waals surface area contributed by atoms with Crippen LogP contribution in [0.5, 0.6) is 0 Å². The molecule has 0 radical (unpaired) electrons. The molecular weight excluding hydrogens is 182 g/mol. The molecule has 3 unspecified atom stereocenters. The first-order chi connectivity index (χ1) is 6.24. The highest BCUT2D eigenvalue weighted by Gasteiger charge is 2.42. The summed E-state index contributed by atoms with van der Waals surface area (Å²) in [5, 5.41) is 3.74. The van der Waals surface area contributed by atoms with Crippen molar-refractivity contribution in [2.75, 3.05) is 19.0 Å². The molecule has 0 aromatic heterocycles. The highest BCUT2D eigenvalue weighted by atomic mass is 32.2. The van der Waals surface area contributed by atoms with Crippen molar-refractivity contribution in [1.82, 2.24) is 5.32 Å². The second-order valence-corrected chi connectivity index (χ2v) is 5.70. The third-order valence-corrected chi connectivity index (χ3v) is 4.90. The van der Waals surface area contributed by atoms with Crippen molar-refractivity contribution in [1.29, 1.82) is 0 Å². The van der Waals surface area contributed by atoms with Crippen LogP contribution in [0, 0.1) is 5.92 Å². The summed E-state index contributed by atoms with van der Waals surface area (Å²) in [5.74, 6) is 1.98. The third kappa shape index (κ3) is 1.88. The third-order valence-electron chi connectivity index (χ3n) is 3.28. The average molecular weight is 201 g/mol. The van der Waals surface area contributed by atoms with Crippen molar-refractivity contribution in [3.63, 3.8) is 0 Å². The second kappa shape index (κ2) is 3.79. The molecule has 2 aliphatic heterocycles. The van der Waals surface area contributed by atoms with Crippen molar-refractivity contribution >= 4 is 11.8 Å². The van der Waals surface area contributed by atoms with Crippen molar-refractivity contribution in [3.8, 4) is 0 Å². The first kappa shape index (κ1) is 9.81. The van der Waals surface area contributed by atoms with Crippen LogP contribution < -0.4 is 5.32 Å². The van der Waals surface area contributed by atoms with Gasteiger partial charge in [-0.25, -0.2) is 0 Å². The lowest BCUT2D eigenvalue weighted by Gasteiger charge is -2.30. The summed E-state index contributed by atoms with van der Waals surface area (Å²) in [5.41, 5.74) is 0. The summed E-state index contributed by atoms with van der Waals surface area (Å²) in [6.07, 6.45) is 2.48. The van der Waals surface area contributed by atoms with Crippen LogP contribution in [0.3, 0.4) is 0 Å². The number of ether oxygens (including phenoxy) is 1. The van der Waals surface area contributed by atoms with Crippen molar-refractivity contribution in [3.05, 3.63) is 0 Å². The fourth-order valence-corrected chi connectivity index (χ4v) is 3.72. The molecule has 76 valence electrons. The van der Waals surface area contributed by atoms with Crippen LogP contribution in [0.1, 0.15) is 26.7 Å². The van der Waals surface area contributed by atoms with E-state index in [4.69, 9.17) is 4.74 Å². The van der Waals surface area contributed by atoms with E-state index in [-0.39, 0.29) is 4.87 Å². The normalized spacial score (nSPS) is 45.7. The fraction of sp³-hybridized carbons (Fsp3) is 1.00. The Kier molecular flexibility index (Phi) is 2.86. The van der Waals surface area contributed by atoms with Gasteiger partial charge in [-0.15, -0.1) is 11.8 Å². The fourth-order valence-electron chi connectivity index (χ4n) is 2.19. The van der Waals surface area contributed by atoms with Crippen molar-refractivity contribution in [2.24, 2.45) is 5.92 Å². The minimum absolute atomic E-state index is 0.289. The molecule has 2 rings (SSSR count). The van der Waals surface area contributed by atoms with Gasteiger partial charge in [0.05, 0.1) is 11.5 Å². The molecule has 0 spiro atoms. The van der Waals surface area contributed by atoms with E-state index >= 15 is 0 Å². The predicted octanol–water partition coefficient (Wildman–Crippen LogP) is 1.85. The first-order valence-corrected chi connectivity index (χ1v) is 6.22. The van der Waals surface area contributed by atoms with Crippen LogP contribution in [0.2, 0.25) is 0 Å². The molecule has 3 atom stereocenters. The van der Waals surface area contributed by atoms with Gasteiger partial charge in [0.15, 0.2) is 0 Å². The van der Waals surface area contributed by atoms with Gasteiger partial charge < -0.3 is 4.74 Å². The van der Waals surface area contributed by atoms with Crippen LogP contribution in [0.15, 0.2) is 0 Å². The molecule has 0 aromatic carbocycles. The molecule has 2 heterocycles. The minimum atomic E-state index is 0.289. The topological polar surface area (TPSA) is 21.3 Å². The van der Waals surface area contributed by atoms with Crippen LogP contribution in [-0.2, 0) is 4.74 Å². The average Bonchev–Trinajstić information content (AvgIpc) is 2.72. The van der Waals surface area contributed by atoms with Gasteiger partial charge in [0.2, 0.25) is 0 Å². The van der Waals surface area contributed by atoms with E-state index in [1.165, 1.54) is 18.6 Å². The van der Waals surface area contributed by atoms with Gasteiger partial charge in [-0.3, -0.25) is 5.32 Å². The van der Waals surface area contributed by atoms with E-state index in [0.717, 1.165) is 19.3 Å². The molecule has 0 bridgehead atoms. The zero-order valence-corrected chi connectivity index (χ0v) is 9.32. The largest absolute Gasteiger partial charge is 0.381 e. The number of hydrogen-bond acceptors (Lipinski definition) is 3. The molecule has 3 heteroatoms. The quantitative estimate of drug-likeness (QED) is 0.737. The lowest BCUT2D eigenvalue weighted by molar-refractivity contribution is 0.174. The Morgan fingerprint density at radius 1 is 1.62 bits per heavy atom. The minimum Gasteiger partial charge on any atom is -0.381 e. The van der Waals surface area contributed by atoms with E-state index in [2.05, 4.69) is 30.9 Å². The van der Waals surface area contributed by atoms with Crippen LogP contribution in [0.4, 0.5) is 0 Å². The molecule has 2 aliphatic rings. The summed E-state index contributed by atoms with van der Waals surface area (Å²) in [6.45, 7) is 6.51. The number of nitrogens with one attached hydrogen (secondary N) is 1. The van der Waals surface area contributed by atoms with Gasteiger partial charge >= 0.3 is 0 Å². The first-order valence-electron chi connectivity index (χ1n) is 5.24. The Hall–Kier alpha value is 0.270. The number of rotatable bonds is 2. The van der Waals surface area contributed by atoms with Gasteiger partial charge in [-0.1, -0.05) is 6.92 Å². The van der Waals surface area contributed by atoms with Gasteiger partial charge in [-0.05, 0) is 19.8 Å². The lowest BCUT2D eigenvalue weighted by atomic mass is 9.99. The number of thioether (sulfide) groups is 1.